The van der Waals surface area contributed by atoms with E-state index in [2.05, 4.69) is 165 Å². The van der Waals surface area contributed by atoms with Crippen LogP contribution >= 0.6 is 0 Å². The molecule has 0 unspecified atom stereocenters. The molecule has 0 amide bonds. The lowest BCUT2D eigenvalue weighted by Gasteiger charge is -2.22. The second kappa shape index (κ2) is 15.2. The Balaban J connectivity index is 0.000000247. The van der Waals surface area contributed by atoms with Gasteiger partial charge in [-0.25, -0.2) is 0 Å². The maximum absolute atomic E-state index is 3.67. The van der Waals surface area contributed by atoms with Gasteiger partial charge < -0.3 is 0 Å². The van der Waals surface area contributed by atoms with Crippen molar-refractivity contribution in [1.29, 1.82) is 0 Å². The molecule has 2 aliphatic rings. The minimum absolute atomic E-state index is 0.0132. The van der Waals surface area contributed by atoms with Crippen molar-refractivity contribution in [2.45, 2.75) is 80.6 Å². The summed E-state index contributed by atoms with van der Waals surface area (Å²) in [5.74, 6) is 0. The van der Waals surface area contributed by atoms with Crippen LogP contribution in [0.3, 0.4) is 0 Å². The Kier molecular flexibility index (Phi) is 11.4. The van der Waals surface area contributed by atoms with E-state index in [1.165, 1.54) is 90.4 Å². The molecule has 0 heterocycles. The molecule has 0 heteroatoms. The molecule has 4 aromatic carbocycles. The van der Waals surface area contributed by atoms with Gasteiger partial charge in [0.05, 0.1) is 0 Å². The third-order valence-electron chi connectivity index (χ3n) is 9.37. The molecule has 0 aromatic heterocycles. The summed E-state index contributed by atoms with van der Waals surface area (Å²) < 4.78 is 0. The van der Waals surface area contributed by atoms with Crippen LogP contribution in [0.15, 0.2) is 133 Å². The summed E-state index contributed by atoms with van der Waals surface area (Å²) >= 11 is 0. The van der Waals surface area contributed by atoms with Crippen molar-refractivity contribution in [3.8, 4) is 22.3 Å². The molecule has 0 spiro atoms. The first-order valence-electron chi connectivity index (χ1n) is 16.7. The summed E-state index contributed by atoms with van der Waals surface area (Å²) in [5, 5.41) is 2.66. The van der Waals surface area contributed by atoms with Crippen molar-refractivity contribution < 1.29 is 0 Å². The molecule has 0 fully saturated rings. The summed E-state index contributed by atoms with van der Waals surface area (Å²) in [4.78, 5) is 0. The topological polar surface area (TPSA) is 0 Å². The molecule has 6 rings (SSSR count). The highest BCUT2D eigenvalue weighted by Gasteiger charge is 2.35. The van der Waals surface area contributed by atoms with Gasteiger partial charge >= 0.3 is 0 Å². The van der Waals surface area contributed by atoms with E-state index in [0.29, 0.717) is 0 Å². The average molecular weight is 605 g/mol. The van der Waals surface area contributed by atoms with Gasteiger partial charge in [-0.2, -0.15) is 0 Å². The van der Waals surface area contributed by atoms with Crippen LogP contribution in [-0.4, -0.2) is 0 Å². The molecule has 0 bridgehead atoms. The zero-order chi connectivity index (χ0) is 33.4. The van der Waals surface area contributed by atoms with E-state index in [1.54, 1.807) is 0 Å². The Morgan fingerprint density at radius 1 is 0.739 bits per heavy atom. The van der Waals surface area contributed by atoms with Gasteiger partial charge in [0.2, 0.25) is 0 Å². The van der Waals surface area contributed by atoms with Crippen LogP contribution in [0.2, 0.25) is 0 Å². The highest BCUT2D eigenvalue weighted by molar-refractivity contribution is 6.01. The van der Waals surface area contributed by atoms with Crippen molar-refractivity contribution in [3.63, 3.8) is 0 Å². The van der Waals surface area contributed by atoms with Gasteiger partial charge in [0.1, 0.15) is 0 Å². The smallest absolute Gasteiger partial charge is 0.0159 e. The van der Waals surface area contributed by atoms with Gasteiger partial charge in [-0.3, -0.25) is 0 Å². The van der Waals surface area contributed by atoms with E-state index < -0.39 is 0 Å². The first kappa shape index (κ1) is 34.5. The average Bonchev–Trinajstić information content (AvgIpc) is 3.28. The molecule has 0 nitrogen and oxygen atoms in total. The Labute approximate surface area is 279 Å². The monoisotopic (exact) mass is 604 g/mol. The first-order chi connectivity index (χ1) is 22.0. The van der Waals surface area contributed by atoms with E-state index in [-0.39, 0.29) is 5.41 Å². The number of fused-ring (bicyclic) bond motifs is 4. The number of rotatable bonds is 4. The van der Waals surface area contributed by atoms with Crippen LogP contribution in [0.4, 0.5) is 0 Å². The van der Waals surface area contributed by atoms with Crippen LogP contribution in [0, 0.1) is 13.8 Å². The lowest BCUT2D eigenvalue weighted by molar-refractivity contribution is 0.660. The fraction of sp³-hybridized carbons (Fsp3) is 0.261. The van der Waals surface area contributed by atoms with Crippen molar-refractivity contribution in [2.75, 3.05) is 0 Å². The van der Waals surface area contributed by atoms with Gasteiger partial charge in [-0.15, -0.1) is 0 Å². The van der Waals surface area contributed by atoms with Crippen LogP contribution in [0.1, 0.15) is 89.1 Å². The normalized spacial score (nSPS) is 14.9. The summed E-state index contributed by atoms with van der Waals surface area (Å²) in [6.45, 7) is 23.2. The standard InChI is InChI=1S/C30H28.C9H14.C7H10/c1-6-9-21-17-27(24-11-8-7-10-23(24)20(21)3)22-13-15-26-25-14-12-19(2)16-28(25)30(4,5)29(26)18-22;1-5-7-9(4)8(3)6-2;1-7-5-3-2-4-6-7/h6-18H,1-5H3;5-7H,2H2,1,3-4H3;3,5-6H,2,4H2,1H3/b9-6-;7-5-,9-8+;. The molecule has 4 aromatic rings. The highest BCUT2D eigenvalue weighted by Crippen LogP contribution is 2.50. The van der Waals surface area contributed by atoms with Gasteiger partial charge in [-0.1, -0.05) is 135 Å². The van der Waals surface area contributed by atoms with Gasteiger partial charge in [0.15, 0.2) is 0 Å². The molecular formula is C46H52. The van der Waals surface area contributed by atoms with Crippen molar-refractivity contribution in [1.82, 2.24) is 0 Å². The quantitative estimate of drug-likeness (QED) is 0.203. The number of benzene rings is 4. The lowest BCUT2D eigenvalue weighted by atomic mass is 9.81. The minimum atomic E-state index is 0.0132. The van der Waals surface area contributed by atoms with Crippen molar-refractivity contribution >= 4 is 16.8 Å². The molecule has 46 heavy (non-hydrogen) atoms. The maximum atomic E-state index is 3.67. The molecule has 0 saturated heterocycles. The summed E-state index contributed by atoms with van der Waals surface area (Å²) in [6, 6.07) is 25.1. The van der Waals surface area contributed by atoms with Crippen LogP contribution in [0.25, 0.3) is 39.1 Å². The second-order valence-electron chi connectivity index (χ2n) is 13.1. The van der Waals surface area contributed by atoms with Crippen molar-refractivity contribution in [2.24, 2.45) is 0 Å². The second-order valence-corrected chi connectivity index (χ2v) is 13.1. The van der Waals surface area contributed by atoms with E-state index in [9.17, 15) is 0 Å². The Morgan fingerprint density at radius 3 is 2.00 bits per heavy atom. The van der Waals surface area contributed by atoms with Crippen LogP contribution in [0.5, 0.6) is 0 Å². The summed E-state index contributed by atoms with van der Waals surface area (Å²) in [7, 11) is 0. The first-order valence-corrected chi connectivity index (χ1v) is 16.7. The largest absolute Gasteiger partial charge is 0.0988 e. The zero-order valence-corrected chi connectivity index (χ0v) is 29.6. The minimum Gasteiger partial charge on any atom is -0.0988 e. The number of hydrogen-bond donors (Lipinski definition) is 0. The van der Waals surface area contributed by atoms with E-state index in [4.69, 9.17) is 0 Å². The van der Waals surface area contributed by atoms with E-state index in [1.807, 2.05) is 19.1 Å². The lowest BCUT2D eigenvalue weighted by Crippen LogP contribution is -2.15. The maximum Gasteiger partial charge on any atom is 0.0159 e. The van der Waals surface area contributed by atoms with Gasteiger partial charge in [-0.05, 0) is 140 Å². The SMILES string of the molecule is C/C=C\c1cc(-c2ccc3c(c2)C(C)(C)c2cc(C)ccc2-3)c2ccccc2c1C.C=C/C(C)=C(C)/C=C\C.CC1=CCCC=C1. The predicted octanol–water partition coefficient (Wildman–Crippen LogP) is 13.8. The Hall–Kier alpha value is -4.42. The predicted molar refractivity (Wildman–Crippen MR) is 207 cm³/mol. The van der Waals surface area contributed by atoms with E-state index in [0.717, 1.165) is 0 Å². The van der Waals surface area contributed by atoms with E-state index >= 15 is 0 Å². The molecule has 0 N–H and O–H groups in total. The number of hydrogen-bond acceptors (Lipinski definition) is 0. The van der Waals surface area contributed by atoms with Crippen molar-refractivity contribution in [3.05, 3.63) is 160 Å². The summed E-state index contributed by atoms with van der Waals surface area (Å²) in [6.07, 6.45) is 19.5. The Bertz CT molecular complexity index is 1880. The fourth-order valence-corrected chi connectivity index (χ4v) is 6.44. The third-order valence-corrected chi connectivity index (χ3v) is 9.37. The zero-order valence-electron chi connectivity index (χ0n) is 29.6. The van der Waals surface area contributed by atoms with Gasteiger partial charge in [0, 0.05) is 5.41 Å². The number of allylic oxidation sites excluding steroid dienone is 10. The van der Waals surface area contributed by atoms with Gasteiger partial charge in [0.25, 0.3) is 0 Å². The molecule has 0 atom stereocenters. The molecule has 236 valence electrons. The highest BCUT2D eigenvalue weighted by atomic mass is 14.4. The van der Waals surface area contributed by atoms with Crippen LogP contribution in [-0.2, 0) is 5.41 Å². The molecule has 0 radical (unpaired) electrons. The summed E-state index contributed by atoms with van der Waals surface area (Å²) in [5.41, 5.74) is 16.2. The molecular weight excluding hydrogens is 553 g/mol. The van der Waals surface area contributed by atoms with Crippen LogP contribution < -0.4 is 0 Å². The third kappa shape index (κ3) is 7.51. The fourth-order valence-electron chi connectivity index (χ4n) is 6.44. The molecule has 2 aliphatic carbocycles. The number of aryl methyl sites for hydroxylation is 2. The molecule has 0 saturated carbocycles. The molecule has 0 aliphatic heterocycles. The Morgan fingerprint density at radius 2 is 1.41 bits per heavy atom.